The van der Waals surface area contributed by atoms with Crippen molar-refractivity contribution in [2.75, 3.05) is 44.2 Å². The highest BCUT2D eigenvalue weighted by molar-refractivity contribution is 6.31. The topological polar surface area (TPSA) is 43.9 Å². The lowest BCUT2D eigenvalue weighted by molar-refractivity contribution is -0.122. The normalized spacial score (nSPS) is 22.6. The van der Waals surface area contributed by atoms with Crippen LogP contribution in [0.15, 0.2) is 36.4 Å². The van der Waals surface area contributed by atoms with E-state index in [1.165, 1.54) is 0 Å². The molecule has 5 nitrogen and oxygen atoms in total. The first-order valence-electron chi connectivity index (χ1n) is 14.4. The quantitative estimate of drug-likeness (QED) is 0.428. The average molecular weight is 536 g/mol. The van der Waals surface area contributed by atoms with Crippen LogP contribution in [0.5, 0.6) is 0 Å². The molecule has 1 saturated carbocycles. The molecule has 2 aromatic carbocycles. The van der Waals surface area contributed by atoms with Gasteiger partial charge in [0.05, 0.1) is 0 Å². The zero-order valence-corrected chi connectivity index (χ0v) is 24.1. The number of benzene rings is 2. The molecule has 5 rings (SSSR count). The fourth-order valence-corrected chi connectivity index (χ4v) is 7.17. The zero-order valence-electron chi connectivity index (χ0n) is 23.4. The summed E-state index contributed by atoms with van der Waals surface area (Å²) < 4.78 is 0. The first-order valence-corrected chi connectivity index (χ1v) is 14.7. The van der Waals surface area contributed by atoms with E-state index in [4.69, 9.17) is 11.6 Å². The fraction of sp³-hybridized carbons (Fsp3) is 0.562. The highest BCUT2D eigenvalue weighted by atomic mass is 35.5. The second-order valence-corrected chi connectivity index (χ2v) is 12.6. The van der Waals surface area contributed by atoms with E-state index in [-0.39, 0.29) is 17.7 Å². The molecule has 3 fully saturated rings. The maximum Gasteiger partial charge on any atom is 0.254 e. The predicted molar refractivity (Wildman–Crippen MR) is 155 cm³/mol. The smallest absolute Gasteiger partial charge is 0.254 e. The standard InChI is InChI=1S/C32H42ClN3O2/c1-21(16-36(31(37)25-10-5-6-11-25)28-13-12-22(2)29(33)14-28)15-34-17-26-19-35(20-27(26)18-34)32(38)30-23(3)8-7-9-24(30)4/h7-9,12-14,21,25-27H,5-6,10-11,15-20H2,1-4H3. The van der Waals surface area contributed by atoms with Gasteiger partial charge in [-0.2, -0.15) is 0 Å². The molecule has 2 saturated heterocycles. The van der Waals surface area contributed by atoms with E-state index in [0.29, 0.717) is 29.3 Å². The van der Waals surface area contributed by atoms with Gasteiger partial charge in [0.15, 0.2) is 0 Å². The molecule has 3 atom stereocenters. The van der Waals surface area contributed by atoms with Gasteiger partial charge in [-0.25, -0.2) is 0 Å². The Hall–Kier alpha value is -2.37. The maximum atomic E-state index is 13.6. The molecule has 204 valence electrons. The van der Waals surface area contributed by atoms with Crippen LogP contribution in [-0.2, 0) is 4.79 Å². The zero-order chi connectivity index (χ0) is 27.0. The number of nitrogens with zero attached hydrogens (tertiary/aromatic N) is 3. The summed E-state index contributed by atoms with van der Waals surface area (Å²) in [6.45, 7) is 13.7. The van der Waals surface area contributed by atoms with Crippen LogP contribution in [-0.4, -0.2) is 60.9 Å². The van der Waals surface area contributed by atoms with Crippen LogP contribution in [0, 0.1) is 44.4 Å². The molecule has 0 bridgehead atoms. The first kappa shape index (κ1) is 27.2. The number of carbonyl (C=O) groups excluding carboxylic acids is 2. The molecule has 6 heteroatoms. The molecule has 0 spiro atoms. The third-order valence-corrected chi connectivity index (χ3v) is 9.45. The molecule has 0 radical (unpaired) electrons. The Balaban J connectivity index is 1.20. The number of carbonyl (C=O) groups is 2. The molecule has 2 heterocycles. The van der Waals surface area contributed by atoms with E-state index < -0.39 is 0 Å². The summed E-state index contributed by atoms with van der Waals surface area (Å²) in [5.41, 5.74) is 4.96. The van der Waals surface area contributed by atoms with Gasteiger partial charge in [0.1, 0.15) is 0 Å². The molecule has 0 aromatic heterocycles. The Morgan fingerprint density at radius 2 is 1.58 bits per heavy atom. The largest absolute Gasteiger partial charge is 0.338 e. The lowest BCUT2D eigenvalue weighted by atomic mass is 10.0. The van der Waals surface area contributed by atoms with Gasteiger partial charge in [-0.3, -0.25) is 9.59 Å². The Bertz CT molecular complexity index is 1160. The first-order chi connectivity index (χ1) is 18.2. The van der Waals surface area contributed by atoms with E-state index in [1.807, 2.05) is 62.1 Å². The van der Waals surface area contributed by atoms with Crippen LogP contribution in [0.3, 0.4) is 0 Å². The van der Waals surface area contributed by atoms with Crippen LogP contribution in [0.4, 0.5) is 5.69 Å². The van der Waals surface area contributed by atoms with Crippen LogP contribution in [0.2, 0.25) is 5.02 Å². The van der Waals surface area contributed by atoms with Gasteiger partial charge in [0.25, 0.3) is 5.91 Å². The van der Waals surface area contributed by atoms with Crippen LogP contribution >= 0.6 is 11.6 Å². The summed E-state index contributed by atoms with van der Waals surface area (Å²) in [4.78, 5) is 33.5. The molecule has 2 amide bonds. The lowest BCUT2D eigenvalue weighted by Crippen LogP contribution is -2.41. The number of hydrogen-bond donors (Lipinski definition) is 0. The number of halogens is 1. The summed E-state index contributed by atoms with van der Waals surface area (Å²) >= 11 is 6.47. The van der Waals surface area contributed by atoms with Crippen molar-refractivity contribution >= 4 is 29.1 Å². The van der Waals surface area contributed by atoms with Crippen molar-refractivity contribution < 1.29 is 9.59 Å². The minimum atomic E-state index is 0.133. The lowest BCUT2D eigenvalue weighted by Gasteiger charge is -2.31. The predicted octanol–water partition coefficient (Wildman–Crippen LogP) is 6.13. The Morgan fingerprint density at radius 3 is 2.18 bits per heavy atom. The average Bonchev–Trinajstić information content (AvgIpc) is 3.61. The summed E-state index contributed by atoms with van der Waals surface area (Å²) in [5, 5.41) is 0.715. The van der Waals surface area contributed by atoms with Gasteiger partial charge in [0, 0.05) is 61.5 Å². The highest BCUT2D eigenvalue weighted by Crippen LogP contribution is 2.34. The Morgan fingerprint density at radius 1 is 0.947 bits per heavy atom. The van der Waals surface area contributed by atoms with Crippen molar-refractivity contribution in [2.45, 2.75) is 53.4 Å². The number of anilines is 1. The monoisotopic (exact) mass is 535 g/mol. The van der Waals surface area contributed by atoms with E-state index in [9.17, 15) is 9.59 Å². The van der Waals surface area contributed by atoms with Gasteiger partial charge in [-0.1, -0.05) is 55.6 Å². The molecular weight excluding hydrogens is 494 g/mol. The van der Waals surface area contributed by atoms with E-state index in [2.05, 4.69) is 16.7 Å². The molecule has 1 aliphatic carbocycles. The van der Waals surface area contributed by atoms with Gasteiger partial charge in [0.2, 0.25) is 5.91 Å². The Labute approximate surface area is 233 Å². The maximum absolute atomic E-state index is 13.6. The molecule has 0 N–H and O–H groups in total. The minimum absolute atomic E-state index is 0.133. The van der Waals surface area contributed by atoms with E-state index in [1.54, 1.807) is 0 Å². The number of fused-ring (bicyclic) bond motifs is 1. The minimum Gasteiger partial charge on any atom is -0.338 e. The van der Waals surface area contributed by atoms with Crippen molar-refractivity contribution in [3.63, 3.8) is 0 Å². The van der Waals surface area contributed by atoms with Crippen LogP contribution < -0.4 is 4.90 Å². The number of amides is 2. The third kappa shape index (κ3) is 5.65. The number of aryl methyl sites for hydroxylation is 3. The van der Waals surface area contributed by atoms with E-state index in [0.717, 1.165) is 86.3 Å². The van der Waals surface area contributed by atoms with Crippen molar-refractivity contribution in [1.82, 2.24) is 9.80 Å². The molecule has 2 aliphatic heterocycles. The van der Waals surface area contributed by atoms with Crippen LogP contribution in [0.25, 0.3) is 0 Å². The SMILES string of the molecule is Cc1ccc(N(CC(C)CN2CC3CN(C(=O)c4c(C)cccc4C)CC3C2)C(=O)C2CCCC2)cc1Cl. The summed E-state index contributed by atoms with van der Waals surface area (Å²) in [7, 11) is 0. The number of rotatable bonds is 7. The second kappa shape index (κ2) is 11.4. The summed E-state index contributed by atoms with van der Waals surface area (Å²) in [5.74, 6) is 1.98. The van der Waals surface area contributed by atoms with Crippen molar-refractivity contribution in [3.05, 3.63) is 63.7 Å². The molecule has 3 unspecified atom stereocenters. The van der Waals surface area contributed by atoms with Crippen LogP contribution in [0.1, 0.15) is 59.7 Å². The highest BCUT2D eigenvalue weighted by Gasteiger charge is 2.42. The summed E-state index contributed by atoms with van der Waals surface area (Å²) in [6.07, 6.45) is 4.29. The third-order valence-electron chi connectivity index (χ3n) is 9.05. The van der Waals surface area contributed by atoms with E-state index >= 15 is 0 Å². The fourth-order valence-electron chi connectivity index (χ4n) is 6.99. The van der Waals surface area contributed by atoms with Gasteiger partial charge < -0.3 is 14.7 Å². The molecule has 38 heavy (non-hydrogen) atoms. The Kier molecular flexibility index (Phi) is 8.16. The van der Waals surface area contributed by atoms with Crippen molar-refractivity contribution in [3.8, 4) is 0 Å². The van der Waals surface area contributed by atoms with Gasteiger partial charge in [-0.15, -0.1) is 0 Å². The molecular formula is C32H42ClN3O2. The number of hydrogen-bond acceptors (Lipinski definition) is 3. The van der Waals surface area contributed by atoms with Gasteiger partial charge in [-0.05, 0) is 80.2 Å². The molecule has 2 aromatic rings. The van der Waals surface area contributed by atoms with Gasteiger partial charge >= 0.3 is 0 Å². The number of likely N-dealkylation sites (tertiary alicyclic amines) is 2. The van der Waals surface area contributed by atoms with Crippen molar-refractivity contribution in [1.29, 1.82) is 0 Å². The molecule has 3 aliphatic rings. The second-order valence-electron chi connectivity index (χ2n) is 12.2. The van der Waals surface area contributed by atoms with Crippen molar-refractivity contribution in [2.24, 2.45) is 23.7 Å². The summed E-state index contributed by atoms with van der Waals surface area (Å²) in [6, 6.07) is 12.1.